The third-order valence-corrected chi connectivity index (χ3v) is 3.16. The number of hydrogen-bond donors (Lipinski definition) is 2. The fourth-order valence-corrected chi connectivity index (χ4v) is 1.74. The van der Waals surface area contributed by atoms with E-state index in [1.807, 2.05) is 0 Å². The van der Waals surface area contributed by atoms with Gasteiger partial charge in [0, 0.05) is 0 Å². The number of nitrogens with zero attached hydrogens (tertiary/aromatic N) is 2. The van der Waals surface area contributed by atoms with Crippen LogP contribution in [0.2, 0.25) is 0 Å². The summed E-state index contributed by atoms with van der Waals surface area (Å²) >= 11 is 0. The highest BCUT2D eigenvalue weighted by atomic mass is 16.5. The van der Waals surface area contributed by atoms with Crippen molar-refractivity contribution in [2.24, 2.45) is 5.41 Å². The van der Waals surface area contributed by atoms with Gasteiger partial charge in [0.05, 0.1) is 6.04 Å². The van der Waals surface area contributed by atoms with Gasteiger partial charge >= 0.3 is 5.97 Å². The topological polar surface area (TPSA) is 105 Å². The van der Waals surface area contributed by atoms with E-state index in [4.69, 9.17) is 0 Å². The first-order valence-corrected chi connectivity index (χ1v) is 5.78. The van der Waals surface area contributed by atoms with E-state index >= 15 is 0 Å². The molecule has 0 saturated heterocycles. The summed E-state index contributed by atoms with van der Waals surface area (Å²) in [4.78, 5) is 27.2. The molecule has 18 heavy (non-hydrogen) atoms. The Kier molecular flexibility index (Phi) is 4.41. The van der Waals surface area contributed by atoms with Crippen molar-refractivity contribution in [2.75, 3.05) is 0 Å². The van der Waals surface area contributed by atoms with Crippen LogP contribution in [0, 0.1) is 5.41 Å². The number of aromatic nitrogens is 2. The first-order chi connectivity index (χ1) is 8.47. The molecular weight excluding hydrogens is 238 g/mol. The summed E-state index contributed by atoms with van der Waals surface area (Å²) < 4.78 is 4.57. The molecule has 0 bridgehead atoms. The van der Waals surface area contributed by atoms with Crippen molar-refractivity contribution in [2.45, 2.75) is 39.7 Å². The van der Waals surface area contributed by atoms with E-state index in [9.17, 15) is 14.7 Å². The van der Waals surface area contributed by atoms with Crippen LogP contribution in [0.5, 0.6) is 0 Å². The monoisotopic (exact) mass is 255 g/mol. The van der Waals surface area contributed by atoms with Crippen LogP contribution in [-0.2, 0) is 9.59 Å². The standard InChI is InChI=1S/C11H17N3O4/c1-4-11(5-2,10(16)17)9(15)13-7(3)8-12-6-18-14-8/h6-7H,4-5H2,1-3H3,(H,13,15)(H,16,17). The Hall–Kier alpha value is -1.92. The van der Waals surface area contributed by atoms with E-state index in [-0.39, 0.29) is 12.8 Å². The highest BCUT2D eigenvalue weighted by molar-refractivity contribution is 6.01. The van der Waals surface area contributed by atoms with Crippen LogP contribution >= 0.6 is 0 Å². The molecule has 1 atom stereocenters. The van der Waals surface area contributed by atoms with Gasteiger partial charge in [0.2, 0.25) is 12.3 Å². The fourth-order valence-electron chi connectivity index (χ4n) is 1.74. The molecule has 7 heteroatoms. The average molecular weight is 255 g/mol. The van der Waals surface area contributed by atoms with Crippen molar-refractivity contribution in [3.63, 3.8) is 0 Å². The van der Waals surface area contributed by atoms with Gasteiger partial charge in [0.25, 0.3) is 0 Å². The molecule has 1 aromatic rings. The molecule has 7 nitrogen and oxygen atoms in total. The van der Waals surface area contributed by atoms with Crippen LogP contribution in [0.3, 0.4) is 0 Å². The molecule has 0 aliphatic carbocycles. The minimum absolute atomic E-state index is 0.226. The van der Waals surface area contributed by atoms with Gasteiger partial charge in [-0.25, -0.2) is 0 Å². The molecule has 0 spiro atoms. The first kappa shape index (κ1) is 14.1. The van der Waals surface area contributed by atoms with Crippen molar-refractivity contribution < 1.29 is 19.2 Å². The van der Waals surface area contributed by atoms with E-state index in [0.717, 1.165) is 6.39 Å². The number of amides is 1. The summed E-state index contributed by atoms with van der Waals surface area (Å²) in [6, 6.07) is -0.493. The van der Waals surface area contributed by atoms with Gasteiger partial charge in [-0.3, -0.25) is 9.59 Å². The van der Waals surface area contributed by atoms with Gasteiger partial charge < -0.3 is 14.9 Å². The molecule has 1 heterocycles. The number of carboxylic acid groups (broad SMARTS) is 1. The van der Waals surface area contributed by atoms with Crippen LogP contribution in [0.25, 0.3) is 0 Å². The van der Waals surface area contributed by atoms with Crippen LogP contribution < -0.4 is 5.32 Å². The maximum Gasteiger partial charge on any atom is 0.319 e. The molecule has 1 aromatic heterocycles. The third-order valence-electron chi connectivity index (χ3n) is 3.16. The van der Waals surface area contributed by atoms with E-state index in [2.05, 4.69) is 20.0 Å². The second-order valence-corrected chi connectivity index (χ2v) is 4.08. The lowest BCUT2D eigenvalue weighted by molar-refractivity contribution is -0.156. The minimum Gasteiger partial charge on any atom is -0.480 e. The van der Waals surface area contributed by atoms with Gasteiger partial charge in [-0.1, -0.05) is 19.0 Å². The van der Waals surface area contributed by atoms with Crippen molar-refractivity contribution in [3.05, 3.63) is 12.2 Å². The smallest absolute Gasteiger partial charge is 0.319 e. The summed E-state index contributed by atoms with van der Waals surface area (Å²) in [5, 5.41) is 15.4. The highest BCUT2D eigenvalue weighted by Crippen LogP contribution is 2.28. The van der Waals surface area contributed by atoms with Crippen molar-refractivity contribution in [1.82, 2.24) is 15.5 Å². The zero-order valence-corrected chi connectivity index (χ0v) is 10.6. The quantitative estimate of drug-likeness (QED) is 0.738. The molecule has 2 N–H and O–H groups in total. The molecule has 100 valence electrons. The molecule has 0 radical (unpaired) electrons. The summed E-state index contributed by atoms with van der Waals surface area (Å²) in [7, 11) is 0. The lowest BCUT2D eigenvalue weighted by Gasteiger charge is -2.26. The largest absolute Gasteiger partial charge is 0.480 e. The number of carbonyl (C=O) groups is 2. The van der Waals surface area contributed by atoms with Crippen LogP contribution in [-0.4, -0.2) is 27.1 Å². The molecule has 0 fully saturated rings. The number of aliphatic carboxylic acids is 1. The summed E-state index contributed by atoms with van der Waals surface area (Å²) in [5.74, 6) is -1.34. The predicted octanol–water partition coefficient (Wildman–Crippen LogP) is 1.14. The van der Waals surface area contributed by atoms with Crippen molar-refractivity contribution in [1.29, 1.82) is 0 Å². The lowest BCUT2D eigenvalue weighted by Crippen LogP contribution is -2.46. The SMILES string of the molecule is CCC(CC)(C(=O)O)C(=O)NC(C)c1ncon1. The molecule has 1 amide bonds. The zero-order valence-electron chi connectivity index (χ0n) is 10.6. The minimum atomic E-state index is -1.40. The zero-order chi connectivity index (χ0) is 13.8. The Balaban J connectivity index is 2.83. The van der Waals surface area contributed by atoms with E-state index < -0.39 is 23.3 Å². The maximum atomic E-state index is 12.1. The van der Waals surface area contributed by atoms with Gasteiger partial charge in [-0.2, -0.15) is 4.98 Å². The van der Waals surface area contributed by atoms with Gasteiger partial charge in [-0.15, -0.1) is 0 Å². The summed E-state index contributed by atoms with van der Waals surface area (Å²) in [5.41, 5.74) is -1.40. The van der Waals surface area contributed by atoms with Gasteiger partial charge in [0.15, 0.2) is 5.82 Å². The first-order valence-electron chi connectivity index (χ1n) is 5.78. The Morgan fingerprint density at radius 2 is 2.11 bits per heavy atom. The summed E-state index contributed by atoms with van der Waals surface area (Å²) in [6.45, 7) is 5.02. The molecular formula is C11H17N3O4. The van der Waals surface area contributed by atoms with E-state index in [1.165, 1.54) is 0 Å². The normalized spacial score (nSPS) is 13.1. The molecule has 0 aliphatic rings. The van der Waals surface area contributed by atoms with E-state index in [1.54, 1.807) is 20.8 Å². The average Bonchev–Trinajstić information content (AvgIpc) is 2.84. The van der Waals surface area contributed by atoms with Crippen molar-refractivity contribution in [3.8, 4) is 0 Å². The Morgan fingerprint density at radius 1 is 1.50 bits per heavy atom. The Labute approximate surface area is 105 Å². The number of nitrogens with one attached hydrogen (secondary N) is 1. The van der Waals surface area contributed by atoms with Crippen LogP contribution in [0.4, 0.5) is 0 Å². The molecule has 0 aromatic carbocycles. The van der Waals surface area contributed by atoms with Crippen LogP contribution in [0.1, 0.15) is 45.5 Å². The lowest BCUT2D eigenvalue weighted by atomic mass is 9.81. The molecule has 0 aliphatic heterocycles. The van der Waals surface area contributed by atoms with Gasteiger partial charge in [0.1, 0.15) is 5.41 Å². The second-order valence-electron chi connectivity index (χ2n) is 4.08. The highest BCUT2D eigenvalue weighted by Gasteiger charge is 2.43. The predicted molar refractivity (Wildman–Crippen MR) is 61.5 cm³/mol. The third kappa shape index (κ3) is 2.49. The van der Waals surface area contributed by atoms with Crippen molar-refractivity contribution >= 4 is 11.9 Å². The molecule has 0 saturated carbocycles. The molecule has 1 unspecified atom stereocenters. The number of carboxylic acids is 1. The van der Waals surface area contributed by atoms with E-state index in [0.29, 0.717) is 5.82 Å². The van der Waals surface area contributed by atoms with Crippen LogP contribution in [0.15, 0.2) is 10.9 Å². The maximum absolute atomic E-state index is 12.1. The Bertz CT molecular complexity index is 412. The summed E-state index contributed by atoms with van der Waals surface area (Å²) in [6.07, 6.45) is 1.61. The Morgan fingerprint density at radius 3 is 2.50 bits per heavy atom. The second kappa shape index (κ2) is 5.61. The number of rotatable bonds is 6. The fraction of sp³-hybridized carbons (Fsp3) is 0.636. The molecule has 1 rings (SSSR count). The number of carbonyl (C=O) groups excluding carboxylic acids is 1. The van der Waals surface area contributed by atoms with Gasteiger partial charge in [-0.05, 0) is 19.8 Å². The number of hydrogen-bond acceptors (Lipinski definition) is 5.